The normalized spacial score (nSPS) is 10.6. The van der Waals surface area contributed by atoms with E-state index in [0.29, 0.717) is 17.2 Å². The van der Waals surface area contributed by atoms with Crippen molar-refractivity contribution in [3.05, 3.63) is 47.2 Å². The van der Waals surface area contributed by atoms with Crippen molar-refractivity contribution >= 4 is 28.2 Å². The summed E-state index contributed by atoms with van der Waals surface area (Å²) in [4.78, 5) is 28.9. The van der Waals surface area contributed by atoms with Gasteiger partial charge in [0.25, 0.3) is 5.91 Å². The van der Waals surface area contributed by atoms with E-state index >= 15 is 0 Å². The van der Waals surface area contributed by atoms with Crippen LogP contribution in [0.15, 0.2) is 36.0 Å². The smallest absolute Gasteiger partial charge is 0.312 e. The maximum Gasteiger partial charge on any atom is 0.312 e. The average Bonchev–Trinajstić information content (AvgIpc) is 3.26. The number of hydrogen-bond acceptors (Lipinski definition) is 7. The number of methoxy groups -OCH3 is 2. The highest BCUT2D eigenvalue weighted by Crippen LogP contribution is 2.27. The quantitative estimate of drug-likeness (QED) is 0.591. The molecule has 3 aromatic rings. The van der Waals surface area contributed by atoms with Gasteiger partial charge in [-0.15, -0.1) is 11.3 Å². The van der Waals surface area contributed by atoms with Crippen LogP contribution in [0.5, 0.6) is 11.5 Å². The lowest BCUT2D eigenvalue weighted by Crippen LogP contribution is -2.28. The van der Waals surface area contributed by atoms with Gasteiger partial charge in [0.2, 0.25) is 0 Å². The zero-order valence-electron chi connectivity index (χ0n) is 14.9. The van der Waals surface area contributed by atoms with Gasteiger partial charge >= 0.3 is 5.97 Å². The Kier molecular flexibility index (Phi) is 5.92. The number of nitrogens with zero attached hydrogens (tertiary/aromatic N) is 2. The molecular weight excluding hydrogens is 370 g/mol. The van der Waals surface area contributed by atoms with E-state index in [2.05, 4.69) is 10.3 Å². The molecule has 0 saturated carbocycles. The maximum absolute atomic E-state index is 11.9. The number of benzene rings is 1. The maximum atomic E-state index is 11.9. The first kappa shape index (κ1) is 18.7. The number of carbonyl (C=O) groups is 2. The van der Waals surface area contributed by atoms with Crippen molar-refractivity contribution in [2.24, 2.45) is 0 Å². The van der Waals surface area contributed by atoms with Gasteiger partial charge in [-0.3, -0.25) is 14.0 Å². The van der Waals surface area contributed by atoms with Crippen molar-refractivity contribution < 1.29 is 23.8 Å². The standard InChI is InChI=1S/C18H19N3O5S/c1-24-14-4-3-12(7-15(14)25-2)9-19-16(22)11-26-17(23)8-13-10-21-5-6-27-18(21)20-13/h3-7,10H,8-9,11H2,1-2H3,(H,19,22). The highest BCUT2D eigenvalue weighted by Gasteiger charge is 2.12. The summed E-state index contributed by atoms with van der Waals surface area (Å²) in [5.74, 6) is 0.308. The first-order valence-corrected chi connectivity index (χ1v) is 9.01. The summed E-state index contributed by atoms with van der Waals surface area (Å²) in [6.07, 6.45) is 3.66. The fourth-order valence-electron chi connectivity index (χ4n) is 2.45. The minimum atomic E-state index is -0.498. The van der Waals surface area contributed by atoms with Crippen molar-refractivity contribution in [2.75, 3.05) is 20.8 Å². The van der Waals surface area contributed by atoms with E-state index in [-0.39, 0.29) is 25.5 Å². The molecule has 0 unspecified atom stereocenters. The number of amides is 1. The van der Waals surface area contributed by atoms with Crippen LogP contribution >= 0.6 is 11.3 Å². The van der Waals surface area contributed by atoms with Crippen LogP contribution in [0.4, 0.5) is 0 Å². The van der Waals surface area contributed by atoms with Crippen molar-refractivity contribution in [3.8, 4) is 11.5 Å². The van der Waals surface area contributed by atoms with Crippen LogP contribution in [-0.2, 0) is 27.3 Å². The third-order valence-corrected chi connectivity index (χ3v) is 4.54. The molecule has 0 spiro atoms. The minimum absolute atomic E-state index is 0.0252. The molecular formula is C18H19N3O5S. The summed E-state index contributed by atoms with van der Waals surface area (Å²) < 4.78 is 17.2. The number of rotatable bonds is 8. The molecule has 1 N–H and O–H groups in total. The summed E-state index contributed by atoms with van der Waals surface area (Å²) in [6.45, 7) is -0.0532. The molecule has 9 heteroatoms. The molecule has 0 aliphatic rings. The molecule has 0 fully saturated rings. The van der Waals surface area contributed by atoms with Crippen LogP contribution in [0.3, 0.4) is 0 Å². The van der Waals surface area contributed by atoms with E-state index in [1.54, 1.807) is 32.5 Å². The molecule has 1 aromatic carbocycles. The van der Waals surface area contributed by atoms with E-state index in [9.17, 15) is 9.59 Å². The van der Waals surface area contributed by atoms with Crippen molar-refractivity contribution in [2.45, 2.75) is 13.0 Å². The molecule has 2 aromatic heterocycles. The Hall–Kier alpha value is -3.07. The molecule has 3 rings (SSSR count). The minimum Gasteiger partial charge on any atom is -0.493 e. The van der Waals surface area contributed by atoms with Gasteiger partial charge < -0.3 is 19.5 Å². The number of esters is 1. The molecule has 0 aliphatic carbocycles. The van der Waals surface area contributed by atoms with E-state index in [4.69, 9.17) is 14.2 Å². The molecule has 0 bridgehead atoms. The zero-order chi connectivity index (χ0) is 19.2. The van der Waals surface area contributed by atoms with Gasteiger partial charge in [0, 0.05) is 24.3 Å². The fourth-order valence-corrected chi connectivity index (χ4v) is 3.17. The van der Waals surface area contributed by atoms with Crippen LogP contribution in [0.1, 0.15) is 11.3 Å². The molecule has 0 aliphatic heterocycles. The number of hydrogen-bond donors (Lipinski definition) is 1. The Labute approximate surface area is 159 Å². The second kappa shape index (κ2) is 8.54. The van der Waals surface area contributed by atoms with Crippen molar-refractivity contribution in [3.63, 3.8) is 0 Å². The monoisotopic (exact) mass is 389 g/mol. The molecule has 27 heavy (non-hydrogen) atoms. The Morgan fingerprint density at radius 2 is 2.04 bits per heavy atom. The van der Waals surface area contributed by atoms with Crippen LogP contribution in [-0.4, -0.2) is 42.1 Å². The molecule has 8 nitrogen and oxygen atoms in total. The van der Waals surface area contributed by atoms with Gasteiger partial charge in [0.1, 0.15) is 0 Å². The number of ether oxygens (including phenoxy) is 3. The van der Waals surface area contributed by atoms with E-state index in [0.717, 1.165) is 10.5 Å². The van der Waals surface area contributed by atoms with E-state index < -0.39 is 5.97 Å². The molecule has 0 radical (unpaired) electrons. The van der Waals surface area contributed by atoms with Crippen molar-refractivity contribution in [1.29, 1.82) is 0 Å². The average molecular weight is 389 g/mol. The molecule has 2 heterocycles. The second-order valence-electron chi connectivity index (χ2n) is 5.63. The van der Waals surface area contributed by atoms with Crippen molar-refractivity contribution in [1.82, 2.24) is 14.7 Å². The lowest BCUT2D eigenvalue weighted by molar-refractivity contribution is -0.147. The molecule has 0 atom stereocenters. The molecule has 1 amide bonds. The lowest BCUT2D eigenvalue weighted by Gasteiger charge is -2.10. The zero-order valence-corrected chi connectivity index (χ0v) is 15.7. The fraction of sp³-hybridized carbons (Fsp3) is 0.278. The second-order valence-corrected chi connectivity index (χ2v) is 6.50. The summed E-state index contributed by atoms with van der Waals surface area (Å²) in [5.41, 5.74) is 1.45. The first-order chi connectivity index (χ1) is 13.1. The van der Waals surface area contributed by atoms with Gasteiger partial charge in [-0.2, -0.15) is 0 Å². The number of nitrogens with one attached hydrogen (secondary N) is 1. The summed E-state index contributed by atoms with van der Waals surface area (Å²) in [5, 5.41) is 4.60. The third-order valence-electron chi connectivity index (χ3n) is 3.77. The Morgan fingerprint density at radius 1 is 1.22 bits per heavy atom. The Morgan fingerprint density at radius 3 is 2.78 bits per heavy atom. The van der Waals surface area contributed by atoms with Gasteiger partial charge in [-0.25, -0.2) is 4.98 Å². The Bertz CT molecular complexity index is 921. The van der Waals surface area contributed by atoms with Crippen LogP contribution in [0.2, 0.25) is 0 Å². The topological polar surface area (TPSA) is 91.2 Å². The van der Waals surface area contributed by atoms with Gasteiger partial charge in [-0.05, 0) is 17.7 Å². The first-order valence-electron chi connectivity index (χ1n) is 8.13. The van der Waals surface area contributed by atoms with Gasteiger partial charge in [0.05, 0.1) is 26.3 Å². The van der Waals surface area contributed by atoms with Gasteiger partial charge in [-0.1, -0.05) is 6.07 Å². The highest BCUT2D eigenvalue weighted by molar-refractivity contribution is 7.15. The van der Waals surface area contributed by atoms with Crippen LogP contribution < -0.4 is 14.8 Å². The van der Waals surface area contributed by atoms with Crippen LogP contribution in [0, 0.1) is 0 Å². The lowest BCUT2D eigenvalue weighted by atomic mass is 10.2. The van der Waals surface area contributed by atoms with Gasteiger partial charge in [0.15, 0.2) is 23.1 Å². The number of fused-ring (bicyclic) bond motifs is 1. The predicted octanol–water partition coefficient (Wildman–Crippen LogP) is 1.82. The Balaban J connectivity index is 1.43. The number of thiazole rings is 1. The number of imidazole rings is 1. The molecule has 0 saturated heterocycles. The summed E-state index contributed by atoms with van der Waals surface area (Å²) in [7, 11) is 3.10. The third kappa shape index (κ3) is 4.76. The number of aromatic nitrogens is 2. The SMILES string of the molecule is COc1ccc(CNC(=O)COC(=O)Cc2cn3ccsc3n2)cc1OC. The number of carbonyl (C=O) groups excluding carboxylic acids is 2. The summed E-state index contributed by atoms with van der Waals surface area (Å²) >= 11 is 1.48. The van der Waals surface area contributed by atoms with E-state index in [1.165, 1.54) is 11.3 Å². The van der Waals surface area contributed by atoms with E-state index in [1.807, 2.05) is 22.0 Å². The molecule has 142 valence electrons. The summed E-state index contributed by atoms with van der Waals surface area (Å²) in [6, 6.07) is 5.35. The highest BCUT2D eigenvalue weighted by atomic mass is 32.1. The predicted molar refractivity (Wildman–Crippen MR) is 99.1 cm³/mol. The van der Waals surface area contributed by atoms with Crippen LogP contribution in [0.25, 0.3) is 4.96 Å². The largest absolute Gasteiger partial charge is 0.493 e.